The van der Waals surface area contributed by atoms with Crippen molar-refractivity contribution in [3.8, 4) is 0 Å². The van der Waals surface area contributed by atoms with Gasteiger partial charge in [0.2, 0.25) is 10.0 Å². The van der Waals surface area contributed by atoms with E-state index in [0.29, 0.717) is 13.0 Å². The fourth-order valence-corrected chi connectivity index (χ4v) is 3.34. The molecule has 1 aromatic rings. The van der Waals surface area contributed by atoms with Crippen LogP contribution in [0.15, 0.2) is 35.2 Å². The molecule has 1 aliphatic rings. The largest absolute Gasteiger partial charge is 0.479 e. The number of carbonyl (C=O) groups is 1. The molecule has 0 aromatic heterocycles. The van der Waals surface area contributed by atoms with E-state index in [-0.39, 0.29) is 11.4 Å². The summed E-state index contributed by atoms with van der Waals surface area (Å²) in [7, 11) is -3.62. The van der Waals surface area contributed by atoms with Gasteiger partial charge < -0.3 is 9.84 Å². The molecular weight excluding hydrogens is 282 g/mol. The Morgan fingerprint density at radius 2 is 2.10 bits per heavy atom. The molecule has 20 heavy (non-hydrogen) atoms. The average molecular weight is 299 g/mol. The van der Waals surface area contributed by atoms with Crippen LogP contribution in [0, 0.1) is 5.92 Å². The summed E-state index contributed by atoms with van der Waals surface area (Å²) in [5.41, 5.74) is -1.33. The second-order valence-electron chi connectivity index (χ2n) is 4.91. The third-order valence-electron chi connectivity index (χ3n) is 3.65. The van der Waals surface area contributed by atoms with Gasteiger partial charge in [0.15, 0.2) is 5.60 Å². The molecule has 2 rings (SSSR count). The maximum absolute atomic E-state index is 12.1. The number of carboxylic acid groups (broad SMARTS) is 1. The molecule has 0 bridgehead atoms. The van der Waals surface area contributed by atoms with E-state index in [1.165, 1.54) is 19.1 Å². The molecule has 2 N–H and O–H groups in total. The number of hydrogen-bond donors (Lipinski definition) is 2. The van der Waals surface area contributed by atoms with Crippen molar-refractivity contribution in [3.05, 3.63) is 30.3 Å². The Bertz CT molecular complexity index is 586. The lowest BCUT2D eigenvalue weighted by atomic mass is 9.89. The molecule has 7 heteroatoms. The van der Waals surface area contributed by atoms with Crippen molar-refractivity contribution in [2.45, 2.75) is 23.8 Å². The van der Waals surface area contributed by atoms with Crippen LogP contribution < -0.4 is 4.72 Å². The average Bonchev–Trinajstić information content (AvgIpc) is 2.80. The van der Waals surface area contributed by atoms with Gasteiger partial charge in [-0.3, -0.25) is 0 Å². The highest BCUT2D eigenvalue weighted by atomic mass is 32.2. The van der Waals surface area contributed by atoms with Crippen LogP contribution in [0.2, 0.25) is 0 Å². The van der Waals surface area contributed by atoms with Gasteiger partial charge >= 0.3 is 5.97 Å². The van der Waals surface area contributed by atoms with E-state index in [2.05, 4.69) is 4.72 Å². The van der Waals surface area contributed by atoms with Crippen molar-refractivity contribution in [1.82, 2.24) is 4.72 Å². The summed E-state index contributed by atoms with van der Waals surface area (Å²) in [6.07, 6.45) is 0.514. The van der Waals surface area contributed by atoms with Gasteiger partial charge in [-0.25, -0.2) is 17.9 Å². The molecule has 0 saturated carbocycles. The molecule has 1 saturated heterocycles. The van der Waals surface area contributed by atoms with Crippen LogP contribution in [0.25, 0.3) is 0 Å². The molecule has 2 unspecified atom stereocenters. The standard InChI is InChI=1S/C13H17NO5S/c1-13(12(15)16)10(7-8-19-13)9-14-20(17,18)11-5-3-2-4-6-11/h2-6,10,14H,7-9H2,1H3,(H,15,16). The highest BCUT2D eigenvalue weighted by Crippen LogP contribution is 2.32. The Hall–Kier alpha value is -1.44. The zero-order valence-corrected chi connectivity index (χ0v) is 11.9. The maximum atomic E-state index is 12.1. The maximum Gasteiger partial charge on any atom is 0.336 e. The van der Waals surface area contributed by atoms with E-state index >= 15 is 0 Å². The minimum Gasteiger partial charge on any atom is -0.479 e. The molecule has 1 fully saturated rings. The van der Waals surface area contributed by atoms with Gasteiger partial charge in [0.25, 0.3) is 0 Å². The summed E-state index contributed by atoms with van der Waals surface area (Å²) in [4.78, 5) is 11.4. The first-order chi connectivity index (χ1) is 9.36. The number of benzene rings is 1. The molecule has 0 aliphatic carbocycles. The Labute approximate surface area is 117 Å². The second-order valence-corrected chi connectivity index (χ2v) is 6.68. The zero-order valence-electron chi connectivity index (χ0n) is 11.1. The van der Waals surface area contributed by atoms with Gasteiger partial charge in [0, 0.05) is 19.1 Å². The predicted octanol–water partition coefficient (Wildman–Crippen LogP) is 0.845. The quantitative estimate of drug-likeness (QED) is 0.840. The van der Waals surface area contributed by atoms with Crippen LogP contribution in [-0.4, -0.2) is 38.2 Å². The molecule has 0 radical (unpaired) electrons. The van der Waals surface area contributed by atoms with Crippen LogP contribution in [0.5, 0.6) is 0 Å². The normalized spacial score (nSPS) is 26.6. The molecule has 1 aromatic carbocycles. The lowest BCUT2D eigenvalue weighted by Gasteiger charge is -2.25. The minimum absolute atomic E-state index is 0.0417. The topological polar surface area (TPSA) is 92.7 Å². The van der Waals surface area contributed by atoms with E-state index in [1.807, 2.05) is 0 Å². The molecule has 1 heterocycles. The van der Waals surface area contributed by atoms with Crippen molar-refractivity contribution in [1.29, 1.82) is 0 Å². The van der Waals surface area contributed by atoms with Crippen LogP contribution in [-0.2, 0) is 19.6 Å². The van der Waals surface area contributed by atoms with Crippen molar-refractivity contribution >= 4 is 16.0 Å². The fourth-order valence-electron chi connectivity index (χ4n) is 2.23. The molecule has 0 amide bonds. The lowest BCUT2D eigenvalue weighted by Crippen LogP contribution is -2.45. The Morgan fingerprint density at radius 3 is 2.70 bits per heavy atom. The lowest BCUT2D eigenvalue weighted by molar-refractivity contribution is -0.161. The summed E-state index contributed by atoms with van der Waals surface area (Å²) in [5, 5.41) is 9.19. The number of carboxylic acids is 1. The van der Waals surface area contributed by atoms with Crippen LogP contribution >= 0.6 is 0 Å². The monoisotopic (exact) mass is 299 g/mol. The SMILES string of the molecule is CC1(C(=O)O)OCCC1CNS(=O)(=O)c1ccccc1. The minimum atomic E-state index is -3.62. The molecule has 0 spiro atoms. The van der Waals surface area contributed by atoms with Gasteiger partial charge in [-0.15, -0.1) is 0 Å². The smallest absolute Gasteiger partial charge is 0.336 e. The Morgan fingerprint density at radius 1 is 1.45 bits per heavy atom. The zero-order chi connectivity index (χ0) is 14.8. The van der Waals surface area contributed by atoms with E-state index in [4.69, 9.17) is 4.74 Å². The summed E-state index contributed by atoms with van der Waals surface area (Å²) in [5.74, 6) is -1.46. The third-order valence-corrected chi connectivity index (χ3v) is 5.08. The van der Waals surface area contributed by atoms with E-state index in [1.54, 1.807) is 18.2 Å². The van der Waals surface area contributed by atoms with E-state index in [9.17, 15) is 18.3 Å². The van der Waals surface area contributed by atoms with Gasteiger partial charge in [-0.2, -0.15) is 0 Å². The van der Waals surface area contributed by atoms with Crippen LogP contribution in [0.1, 0.15) is 13.3 Å². The number of rotatable bonds is 5. The fraction of sp³-hybridized carbons (Fsp3) is 0.462. The van der Waals surface area contributed by atoms with Crippen molar-refractivity contribution in [2.24, 2.45) is 5.92 Å². The predicted molar refractivity (Wildman–Crippen MR) is 71.7 cm³/mol. The van der Waals surface area contributed by atoms with Crippen molar-refractivity contribution in [2.75, 3.05) is 13.2 Å². The first kappa shape index (κ1) is 15.0. The van der Waals surface area contributed by atoms with Crippen LogP contribution in [0.3, 0.4) is 0 Å². The number of ether oxygens (including phenoxy) is 1. The molecule has 2 atom stereocenters. The molecular formula is C13H17NO5S. The summed E-state index contributed by atoms with van der Waals surface area (Å²) < 4.78 is 31.8. The molecule has 110 valence electrons. The molecule has 1 aliphatic heterocycles. The van der Waals surface area contributed by atoms with E-state index in [0.717, 1.165) is 0 Å². The van der Waals surface area contributed by atoms with E-state index < -0.39 is 27.5 Å². The highest BCUT2D eigenvalue weighted by molar-refractivity contribution is 7.89. The number of hydrogen-bond acceptors (Lipinski definition) is 4. The number of nitrogens with one attached hydrogen (secondary N) is 1. The van der Waals surface area contributed by atoms with Crippen molar-refractivity contribution < 1.29 is 23.1 Å². The summed E-state index contributed by atoms with van der Waals surface area (Å²) >= 11 is 0. The van der Waals surface area contributed by atoms with Gasteiger partial charge in [-0.1, -0.05) is 18.2 Å². The van der Waals surface area contributed by atoms with Gasteiger partial charge in [0.1, 0.15) is 0 Å². The third kappa shape index (κ3) is 2.84. The van der Waals surface area contributed by atoms with Crippen molar-refractivity contribution in [3.63, 3.8) is 0 Å². The highest BCUT2D eigenvalue weighted by Gasteiger charge is 2.46. The summed E-state index contributed by atoms with van der Waals surface area (Å²) in [6.45, 7) is 1.84. The Kier molecular flexibility index (Phi) is 4.12. The number of aliphatic carboxylic acids is 1. The first-order valence-electron chi connectivity index (χ1n) is 6.28. The van der Waals surface area contributed by atoms with Gasteiger partial charge in [-0.05, 0) is 25.5 Å². The second kappa shape index (κ2) is 5.51. The summed E-state index contributed by atoms with van der Waals surface area (Å²) in [6, 6.07) is 7.97. The molecule has 6 nitrogen and oxygen atoms in total. The Balaban J connectivity index is 2.07. The first-order valence-corrected chi connectivity index (χ1v) is 7.76. The van der Waals surface area contributed by atoms with Crippen LogP contribution in [0.4, 0.5) is 0 Å². The van der Waals surface area contributed by atoms with Gasteiger partial charge in [0.05, 0.1) is 4.90 Å². The number of sulfonamides is 1.